The zero-order valence-corrected chi connectivity index (χ0v) is 12.9. The number of phenolic OH excluding ortho intramolecular Hbond substituents is 1. The normalized spacial score (nSPS) is 10.4. The number of aromatic hydroxyl groups is 1. The molecule has 3 N–H and O–H groups in total. The zero-order chi connectivity index (χ0) is 17.4. The summed E-state index contributed by atoms with van der Waals surface area (Å²) in [6, 6.07) is 8.09. The molecule has 1 aromatic carbocycles. The van der Waals surface area contributed by atoms with Crippen molar-refractivity contribution in [2.75, 3.05) is 13.7 Å². The summed E-state index contributed by atoms with van der Waals surface area (Å²) >= 11 is 0. The monoisotopic (exact) mass is 328 g/mol. The van der Waals surface area contributed by atoms with Crippen LogP contribution in [0.2, 0.25) is 0 Å². The third kappa shape index (κ3) is 4.54. The number of methoxy groups -OCH3 is 1. The quantitative estimate of drug-likeness (QED) is 0.533. The van der Waals surface area contributed by atoms with Crippen LogP contribution in [0.3, 0.4) is 0 Å². The van der Waals surface area contributed by atoms with E-state index in [-0.39, 0.29) is 12.3 Å². The average molecular weight is 328 g/mol. The number of carbonyl (C=O) groups is 2. The number of ether oxygens (including phenoxy) is 1. The van der Waals surface area contributed by atoms with E-state index in [1.807, 2.05) is 0 Å². The predicted octanol–water partition coefficient (Wildman–Crippen LogP) is 0.676. The smallest absolute Gasteiger partial charge is 0.259 e. The van der Waals surface area contributed by atoms with Gasteiger partial charge >= 0.3 is 0 Å². The van der Waals surface area contributed by atoms with Crippen LogP contribution in [0.4, 0.5) is 0 Å². The molecular weight excluding hydrogens is 312 g/mol. The number of hydrogen-bond acceptors (Lipinski definition) is 6. The van der Waals surface area contributed by atoms with E-state index in [2.05, 4.69) is 20.8 Å². The van der Waals surface area contributed by atoms with E-state index in [4.69, 9.17) is 4.74 Å². The molecule has 2 amide bonds. The van der Waals surface area contributed by atoms with Gasteiger partial charge in [0.1, 0.15) is 0 Å². The van der Waals surface area contributed by atoms with E-state index in [1.54, 1.807) is 36.5 Å². The van der Waals surface area contributed by atoms with Gasteiger partial charge in [0, 0.05) is 18.0 Å². The molecule has 8 heteroatoms. The number of benzene rings is 1. The molecule has 24 heavy (non-hydrogen) atoms. The van der Waals surface area contributed by atoms with Gasteiger partial charge in [-0.15, -0.1) is 0 Å². The van der Waals surface area contributed by atoms with Gasteiger partial charge in [-0.25, -0.2) is 5.43 Å². The molecule has 8 nitrogen and oxygen atoms in total. The van der Waals surface area contributed by atoms with Crippen molar-refractivity contribution in [3.63, 3.8) is 0 Å². The Balaban J connectivity index is 1.84. The van der Waals surface area contributed by atoms with Crippen LogP contribution in [0.1, 0.15) is 15.9 Å². The van der Waals surface area contributed by atoms with Crippen molar-refractivity contribution in [3.05, 3.63) is 53.9 Å². The third-order valence-corrected chi connectivity index (χ3v) is 2.98. The van der Waals surface area contributed by atoms with Gasteiger partial charge in [0.15, 0.2) is 11.5 Å². The summed E-state index contributed by atoms with van der Waals surface area (Å²) in [5, 5.41) is 16.0. The Morgan fingerprint density at radius 2 is 2.17 bits per heavy atom. The van der Waals surface area contributed by atoms with Crippen LogP contribution in [-0.2, 0) is 4.79 Å². The lowest BCUT2D eigenvalue weighted by Crippen LogP contribution is -2.34. The Morgan fingerprint density at radius 1 is 1.33 bits per heavy atom. The van der Waals surface area contributed by atoms with Gasteiger partial charge in [0.2, 0.25) is 0 Å². The Kier molecular flexibility index (Phi) is 5.84. The van der Waals surface area contributed by atoms with Gasteiger partial charge in [-0.3, -0.25) is 14.6 Å². The van der Waals surface area contributed by atoms with Gasteiger partial charge in [-0.1, -0.05) is 6.07 Å². The van der Waals surface area contributed by atoms with Crippen LogP contribution in [0, 0.1) is 0 Å². The van der Waals surface area contributed by atoms with Crippen LogP contribution in [0.25, 0.3) is 0 Å². The number of amides is 2. The number of nitrogens with one attached hydrogen (secondary N) is 2. The van der Waals surface area contributed by atoms with Crippen LogP contribution in [0.5, 0.6) is 11.5 Å². The maximum atomic E-state index is 11.7. The molecule has 0 saturated carbocycles. The molecule has 1 heterocycles. The van der Waals surface area contributed by atoms with Crippen LogP contribution in [0.15, 0.2) is 47.8 Å². The highest BCUT2D eigenvalue weighted by Gasteiger charge is 2.08. The lowest BCUT2D eigenvalue weighted by atomic mass is 10.2. The second-order valence-corrected chi connectivity index (χ2v) is 4.62. The first-order valence-corrected chi connectivity index (χ1v) is 6.98. The molecule has 2 rings (SSSR count). The Hall–Kier alpha value is -3.42. The summed E-state index contributed by atoms with van der Waals surface area (Å²) in [5.41, 5.74) is 2.99. The lowest BCUT2D eigenvalue weighted by molar-refractivity contribution is -0.120. The maximum absolute atomic E-state index is 11.7. The third-order valence-electron chi connectivity index (χ3n) is 2.98. The van der Waals surface area contributed by atoms with Crippen LogP contribution < -0.4 is 15.5 Å². The first-order valence-electron chi connectivity index (χ1n) is 6.98. The second kappa shape index (κ2) is 8.28. The minimum atomic E-state index is -0.508. The number of hydrazone groups is 1. The molecule has 0 aliphatic heterocycles. The average Bonchev–Trinajstić information content (AvgIpc) is 2.62. The minimum Gasteiger partial charge on any atom is -0.504 e. The number of carbonyl (C=O) groups excluding carboxylic acids is 2. The molecule has 0 radical (unpaired) electrons. The fourth-order valence-corrected chi connectivity index (χ4v) is 1.78. The van der Waals surface area contributed by atoms with E-state index in [9.17, 15) is 14.7 Å². The van der Waals surface area contributed by atoms with Crippen molar-refractivity contribution in [1.29, 1.82) is 0 Å². The SMILES string of the molecule is COc1cccc(/C=N/NC(=O)CNC(=O)c2cccnc2)c1O. The summed E-state index contributed by atoms with van der Waals surface area (Å²) in [5.74, 6) is -0.699. The zero-order valence-electron chi connectivity index (χ0n) is 12.9. The highest BCUT2D eigenvalue weighted by atomic mass is 16.5. The predicted molar refractivity (Wildman–Crippen MR) is 87.0 cm³/mol. The molecule has 1 aromatic heterocycles. The molecule has 0 spiro atoms. The number of pyridine rings is 1. The van der Waals surface area contributed by atoms with E-state index in [1.165, 1.54) is 19.5 Å². The largest absolute Gasteiger partial charge is 0.504 e. The highest BCUT2D eigenvalue weighted by molar-refractivity contribution is 5.96. The standard InChI is InChI=1S/C16H16N4O4/c1-24-13-6-2-4-11(15(13)22)9-19-20-14(21)10-18-16(23)12-5-3-7-17-8-12/h2-9,22H,10H2,1H3,(H,18,23)(H,20,21)/b19-9+. The molecule has 0 aliphatic rings. The summed E-state index contributed by atoms with van der Waals surface area (Å²) < 4.78 is 4.97. The van der Waals surface area contributed by atoms with Crippen molar-refractivity contribution >= 4 is 18.0 Å². The number of rotatable bonds is 6. The summed E-state index contributed by atoms with van der Waals surface area (Å²) in [6.45, 7) is -0.241. The Labute approximate surface area is 138 Å². The fraction of sp³-hybridized carbons (Fsp3) is 0.125. The summed E-state index contributed by atoms with van der Waals surface area (Å²) in [4.78, 5) is 27.2. The van der Waals surface area contributed by atoms with Crippen molar-refractivity contribution in [3.8, 4) is 11.5 Å². The topological polar surface area (TPSA) is 113 Å². The number of nitrogens with zero attached hydrogens (tertiary/aromatic N) is 2. The Morgan fingerprint density at radius 3 is 2.88 bits per heavy atom. The van der Waals surface area contributed by atoms with E-state index in [0.717, 1.165) is 0 Å². The molecule has 0 atom stereocenters. The van der Waals surface area contributed by atoms with E-state index < -0.39 is 11.8 Å². The number of phenols is 1. The first kappa shape index (κ1) is 16.9. The first-order chi connectivity index (χ1) is 11.6. The molecule has 2 aromatic rings. The van der Waals surface area contributed by atoms with E-state index in [0.29, 0.717) is 16.9 Å². The molecule has 0 unspecified atom stereocenters. The van der Waals surface area contributed by atoms with Gasteiger partial charge in [0.25, 0.3) is 11.8 Å². The van der Waals surface area contributed by atoms with Gasteiger partial charge < -0.3 is 15.2 Å². The Bertz CT molecular complexity index is 747. The number of hydrogen-bond donors (Lipinski definition) is 3. The van der Waals surface area contributed by atoms with Crippen LogP contribution in [-0.4, -0.2) is 41.8 Å². The van der Waals surface area contributed by atoms with Crippen molar-refractivity contribution < 1.29 is 19.4 Å². The number of aromatic nitrogens is 1. The lowest BCUT2D eigenvalue weighted by Gasteiger charge is -2.05. The minimum absolute atomic E-state index is 0.0807. The molecule has 0 saturated heterocycles. The summed E-state index contributed by atoms with van der Waals surface area (Å²) in [7, 11) is 1.43. The van der Waals surface area contributed by atoms with Crippen LogP contribution >= 0.6 is 0 Å². The van der Waals surface area contributed by atoms with Crippen molar-refractivity contribution in [1.82, 2.24) is 15.7 Å². The molecule has 124 valence electrons. The summed E-state index contributed by atoms with van der Waals surface area (Å²) in [6.07, 6.45) is 4.22. The maximum Gasteiger partial charge on any atom is 0.259 e. The number of para-hydroxylation sites is 1. The fourth-order valence-electron chi connectivity index (χ4n) is 1.78. The molecule has 0 aliphatic carbocycles. The van der Waals surface area contributed by atoms with Gasteiger partial charge in [-0.2, -0.15) is 5.10 Å². The van der Waals surface area contributed by atoms with Crippen molar-refractivity contribution in [2.24, 2.45) is 5.10 Å². The van der Waals surface area contributed by atoms with Crippen molar-refractivity contribution in [2.45, 2.75) is 0 Å². The van der Waals surface area contributed by atoms with E-state index >= 15 is 0 Å². The molecular formula is C16H16N4O4. The van der Waals surface area contributed by atoms with Gasteiger partial charge in [0.05, 0.1) is 25.4 Å². The second-order valence-electron chi connectivity index (χ2n) is 4.62. The van der Waals surface area contributed by atoms with Gasteiger partial charge in [-0.05, 0) is 24.3 Å². The highest BCUT2D eigenvalue weighted by Crippen LogP contribution is 2.27. The molecule has 0 bridgehead atoms. The molecule has 0 fully saturated rings.